The van der Waals surface area contributed by atoms with E-state index in [0.717, 1.165) is 0 Å². The maximum Gasteiger partial charge on any atom is 0.307 e. The van der Waals surface area contributed by atoms with Gasteiger partial charge in [0, 0.05) is 12.0 Å². The molecule has 1 fully saturated rings. The molecule has 2 rings (SSSR count). The number of carboxylic acids is 1. The topological polar surface area (TPSA) is 66.4 Å². The molecule has 4 atom stereocenters. The van der Waals surface area contributed by atoms with Gasteiger partial charge in [0.05, 0.1) is 11.8 Å². The van der Waals surface area contributed by atoms with Crippen molar-refractivity contribution in [1.82, 2.24) is 5.32 Å². The van der Waals surface area contributed by atoms with Crippen molar-refractivity contribution in [3.63, 3.8) is 0 Å². The van der Waals surface area contributed by atoms with Crippen LogP contribution in [-0.4, -0.2) is 23.0 Å². The van der Waals surface area contributed by atoms with Crippen molar-refractivity contribution in [2.45, 2.75) is 32.2 Å². The van der Waals surface area contributed by atoms with Crippen LogP contribution in [0.2, 0.25) is 0 Å². The molecule has 102 valence electrons. The Morgan fingerprint density at radius 3 is 2.37 bits per heavy atom. The predicted octanol–water partition coefficient (Wildman–Crippen LogP) is 2.02. The van der Waals surface area contributed by atoms with Gasteiger partial charge in [-0.15, -0.1) is 0 Å². The van der Waals surface area contributed by atoms with Crippen molar-refractivity contribution in [3.8, 4) is 0 Å². The van der Waals surface area contributed by atoms with Gasteiger partial charge in [-0.25, -0.2) is 0 Å². The Morgan fingerprint density at radius 2 is 1.84 bits per heavy atom. The van der Waals surface area contributed by atoms with Crippen LogP contribution in [-0.2, 0) is 9.59 Å². The van der Waals surface area contributed by atoms with Crippen molar-refractivity contribution in [2.24, 2.45) is 11.8 Å². The monoisotopic (exact) mass is 261 g/mol. The quantitative estimate of drug-likeness (QED) is 0.852. The average molecular weight is 261 g/mol. The summed E-state index contributed by atoms with van der Waals surface area (Å²) in [5.41, 5.74) is 1.17. The number of carboxylic acid groups (broad SMARTS) is 1. The zero-order valence-electron chi connectivity index (χ0n) is 11.2. The number of amides is 1. The summed E-state index contributed by atoms with van der Waals surface area (Å²) in [7, 11) is 0. The molecule has 1 aromatic rings. The Balaban J connectivity index is 1.89. The van der Waals surface area contributed by atoms with Crippen molar-refractivity contribution in [1.29, 1.82) is 0 Å². The van der Waals surface area contributed by atoms with Crippen LogP contribution >= 0.6 is 0 Å². The SMILES string of the molecule is C[C@H](NC(=O)[C@@H]1C[C@@H]1C(=O)O)[C@H](C)c1ccccc1. The summed E-state index contributed by atoms with van der Waals surface area (Å²) in [5, 5.41) is 11.7. The Hall–Kier alpha value is -1.84. The molecule has 0 saturated heterocycles. The zero-order chi connectivity index (χ0) is 14.0. The Morgan fingerprint density at radius 1 is 1.21 bits per heavy atom. The first-order valence-corrected chi connectivity index (χ1v) is 6.59. The minimum Gasteiger partial charge on any atom is -0.481 e. The highest BCUT2D eigenvalue weighted by atomic mass is 16.4. The summed E-state index contributed by atoms with van der Waals surface area (Å²) in [5.74, 6) is -1.64. The summed E-state index contributed by atoms with van der Waals surface area (Å²) in [4.78, 5) is 22.6. The number of hydrogen-bond acceptors (Lipinski definition) is 2. The van der Waals surface area contributed by atoms with Crippen molar-refractivity contribution in [2.75, 3.05) is 0 Å². The summed E-state index contributed by atoms with van der Waals surface area (Å²) < 4.78 is 0. The summed E-state index contributed by atoms with van der Waals surface area (Å²) in [6.07, 6.45) is 0.466. The molecule has 0 heterocycles. The predicted molar refractivity (Wildman–Crippen MR) is 71.7 cm³/mol. The zero-order valence-corrected chi connectivity index (χ0v) is 11.2. The molecule has 1 aromatic carbocycles. The van der Waals surface area contributed by atoms with E-state index in [2.05, 4.69) is 12.2 Å². The lowest BCUT2D eigenvalue weighted by molar-refractivity contribution is -0.140. The van der Waals surface area contributed by atoms with Gasteiger partial charge in [0.25, 0.3) is 0 Å². The third-order valence-electron chi connectivity index (χ3n) is 3.89. The number of carbonyl (C=O) groups excluding carboxylic acids is 1. The van der Waals surface area contributed by atoms with E-state index in [4.69, 9.17) is 5.11 Å². The lowest BCUT2D eigenvalue weighted by Gasteiger charge is -2.21. The molecule has 0 spiro atoms. The maximum atomic E-state index is 11.9. The van der Waals surface area contributed by atoms with E-state index in [1.165, 1.54) is 5.56 Å². The maximum absolute atomic E-state index is 11.9. The van der Waals surface area contributed by atoms with E-state index in [0.29, 0.717) is 6.42 Å². The van der Waals surface area contributed by atoms with Gasteiger partial charge in [-0.05, 0) is 18.9 Å². The van der Waals surface area contributed by atoms with Crippen LogP contribution in [0.3, 0.4) is 0 Å². The highest BCUT2D eigenvalue weighted by Gasteiger charge is 2.48. The van der Waals surface area contributed by atoms with E-state index in [9.17, 15) is 9.59 Å². The van der Waals surface area contributed by atoms with Gasteiger partial charge >= 0.3 is 5.97 Å². The lowest BCUT2D eigenvalue weighted by Crippen LogP contribution is -2.37. The lowest BCUT2D eigenvalue weighted by atomic mass is 9.94. The van der Waals surface area contributed by atoms with Gasteiger partial charge in [-0.3, -0.25) is 9.59 Å². The molecular weight excluding hydrogens is 242 g/mol. The Kier molecular flexibility index (Phi) is 3.88. The molecular formula is C15H19NO3. The second kappa shape index (κ2) is 5.43. The molecule has 1 aliphatic rings. The summed E-state index contributed by atoms with van der Waals surface area (Å²) in [6.45, 7) is 4.01. The average Bonchev–Trinajstić information content (AvgIpc) is 3.19. The molecule has 19 heavy (non-hydrogen) atoms. The van der Waals surface area contributed by atoms with Crippen molar-refractivity contribution >= 4 is 11.9 Å². The summed E-state index contributed by atoms with van der Waals surface area (Å²) in [6, 6.07) is 9.96. The van der Waals surface area contributed by atoms with Gasteiger partial charge < -0.3 is 10.4 Å². The second-order valence-corrected chi connectivity index (χ2v) is 5.28. The fraction of sp³-hybridized carbons (Fsp3) is 0.467. The minimum atomic E-state index is -0.871. The molecule has 0 aliphatic heterocycles. The van der Waals surface area contributed by atoms with Crippen LogP contribution in [0.1, 0.15) is 31.7 Å². The van der Waals surface area contributed by atoms with E-state index in [1.54, 1.807) is 0 Å². The molecule has 1 saturated carbocycles. The fourth-order valence-electron chi connectivity index (χ4n) is 2.26. The Labute approximate surface area is 112 Å². The van der Waals surface area contributed by atoms with Crippen LogP contribution in [0, 0.1) is 11.8 Å². The normalized spacial score (nSPS) is 24.3. The molecule has 0 aromatic heterocycles. The van der Waals surface area contributed by atoms with Crippen molar-refractivity contribution in [3.05, 3.63) is 35.9 Å². The van der Waals surface area contributed by atoms with E-state index < -0.39 is 11.9 Å². The highest BCUT2D eigenvalue weighted by molar-refractivity contribution is 5.89. The van der Waals surface area contributed by atoms with Gasteiger partial charge in [0.15, 0.2) is 0 Å². The molecule has 0 radical (unpaired) electrons. The van der Waals surface area contributed by atoms with E-state index in [1.807, 2.05) is 37.3 Å². The first-order chi connectivity index (χ1) is 9.00. The molecule has 4 nitrogen and oxygen atoms in total. The largest absolute Gasteiger partial charge is 0.481 e. The molecule has 1 amide bonds. The first-order valence-electron chi connectivity index (χ1n) is 6.59. The van der Waals surface area contributed by atoms with Crippen molar-refractivity contribution < 1.29 is 14.7 Å². The van der Waals surface area contributed by atoms with Gasteiger partial charge in [0.1, 0.15) is 0 Å². The molecule has 1 aliphatic carbocycles. The molecule has 4 heteroatoms. The third-order valence-corrected chi connectivity index (χ3v) is 3.89. The van der Waals surface area contributed by atoms with Crippen LogP contribution in [0.4, 0.5) is 0 Å². The minimum absolute atomic E-state index is 0.00931. The number of rotatable bonds is 5. The second-order valence-electron chi connectivity index (χ2n) is 5.28. The van der Waals surface area contributed by atoms with Crippen LogP contribution < -0.4 is 5.32 Å². The number of nitrogens with one attached hydrogen (secondary N) is 1. The standard InChI is InChI=1S/C15H19NO3/c1-9(11-6-4-3-5-7-11)10(2)16-14(17)12-8-13(12)15(18)19/h3-7,9-10,12-13H,8H2,1-2H3,(H,16,17)(H,18,19)/t9-,10-,12+,13-/m0/s1. The Bertz CT molecular complexity index is 472. The van der Waals surface area contributed by atoms with Crippen LogP contribution in [0.5, 0.6) is 0 Å². The highest BCUT2D eigenvalue weighted by Crippen LogP contribution is 2.39. The van der Waals surface area contributed by atoms with Gasteiger partial charge in [-0.1, -0.05) is 37.3 Å². The fourth-order valence-corrected chi connectivity index (χ4v) is 2.26. The number of aliphatic carboxylic acids is 1. The molecule has 2 N–H and O–H groups in total. The third kappa shape index (κ3) is 3.13. The summed E-state index contributed by atoms with van der Waals surface area (Å²) >= 11 is 0. The van der Waals surface area contributed by atoms with Crippen LogP contribution in [0.15, 0.2) is 30.3 Å². The van der Waals surface area contributed by atoms with Gasteiger partial charge in [0.2, 0.25) is 5.91 Å². The number of carbonyl (C=O) groups is 2. The first kappa shape index (κ1) is 13.6. The van der Waals surface area contributed by atoms with E-state index in [-0.39, 0.29) is 23.8 Å². The smallest absolute Gasteiger partial charge is 0.307 e. The van der Waals surface area contributed by atoms with Gasteiger partial charge in [-0.2, -0.15) is 0 Å². The van der Waals surface area contributed by atoms with Crippen LogP contribution in [0.25, 0.3) is 0 Å². The number of hydrogen-bond donors (Lipinski definition) is 2. The molecule has 0 bridgehead atoms. The number of benzene rings is 1. The molecule has 0 unspecified atom stereocenters. The van der Waals surface area contributed by atoms with E-state index >= 15 is 0 Å².